The first-order chi connectivity index (χ1) is 17.2. The average Bonchev–Trinajstić information content (AvgIpc) is 3.32. The molecule has 0 radical (unpaired) electrons. The standard InChI is InChI=1S/C29H24N2O4/c1-2-33-24-14-15-27-23(16-24)17-28(35-27)29(32)31-30-18-21-9-4-6-13-26(21)34-19-22-11-7-10-20-8-3-5-12-25(20)22/h3-18H,2,19H2,1H3,(H,31,32)/b30-18+. The van der Waals surface area contributed by atoms with Crippen molar-refractivity contribution < 1.29 is 18.7 Å². The van der Waals surface area contributed by atoms with Crippen LogP contribution < -0.4 is 14.9 Å². The summed E-state index contributed by atoms with van der Waals surface area (Å²) in [6.07, 6.45) is 1.56. The van der Waals surface area contributed by atoms with Crippen molar-refractivity contribution in [3.05, 3.63) is 108 Å². The maximum atomic E-state index is 12.6. The van der Waals surface area contributed by atoms with E-state index in [-0.39, 0.29) is 5.76 Å². The average molecular weight is 465 g/mol. The van der Waals surface area contributed by atoms with Crippen molar-refractivity contribution in [1.29, 1.82) is 0 Å². The minimum atomic E-state index is -0.440. The number of nitrogens with one attached hydrogen (secondary N) is 1. The number of ether oxygens (including phenoxy) is 2. The number of carbonyl (C=O) groups excluding carboxylic acids is 1. The summed E-state index contributed by atoms with van der Waals surface area (Å²) in [6, 6.07) is 29.0. The Morgan fingerprint density at radius 2 is 1.74 bits per heavy atom. The van der Waals surface area contributed by atoms with E-state index in [2.05, 4.69) is 34.8 Å². The van der Waals surface area contributed by atoms with E-state index in [1.54, 1.807) is 18.3 Å². The molecule has 6 heteroatoms. The minimum Gasteiger partial charge on any atom is -0.494 e. The summed E-state index contributed by atoms with van der Waals surface area (Å²) >= 11 is 0. The van der Waals surface area contributed by atoms with Gasteiger partial charge in [0, 0.05) is 10.9 Å². The lowest BCUT2D eigenvalue weighted by Crippen LogP contribution is -2.16. The third-order valence-corrected chi connectivity index (χ3v) is 5.57. The van der Waals surface area contributed by atoms with Crippen molar-refractivity contribution in [1.82, 2.24) is 5.43 Å². The first kappa shape index (κ1) is 22.2. The molecule has 0 bridgehead atoms. The number of carbonyl (C=O) groups is 1. The molecule has 174 valence electrons. The quantitative estimate of drug-likeness (QED) is 0.215. The fourth-order valence-corrected chi connectivity index (χ4v) is 3.90. The van der Waals surface area contributed by atoms with Crippen LogP contribution in [0.5, 0.6) is 11.5 Å². The maximum Gasteiger partial charge on any atom is 0.307 e. The molecule has 0 aliphatic rings. The van der Waals surface area contributed by atoms with Gasteiger partial charge in [0.1, 0.15) is 23.7 Å². The molecule has 1 amide bonds. The lowest BCUT2D eigenvalue weighted by Gasteiger charge is -2.11. The Bertz CT molecular complexity index is 1510. The molecular formula is C29H24N2O4. The highest BCUT2D eigenvalue weighted by molar-refractivity contribution is 5.97. The normalized spacial score (nSPS) is 11.2. The van der Waals surface area contributed by atoms with E-state index in [0.717, 1.165) is 27.6 Å². The van der Waals surface area contributed by atoms with Crippen LogP contribution in [0, 0.1) is 0 Å². The molecule has 4 aromatic carbocycles. The van der Waals surface area contributed by atoms with Gasteiger partial charge in [-0.3, -0.25) is 4.79 Å². The molecule has 5 rings (SSSR count). The van der Waals surface area contributed by atoms with Crippen molar-refractivity contribution in [2.45, 2.75) is 13.5 Å². The van der Waals surface area contributed by atoms with E-state index in [0.29, 0.717) is 24.5 Å². The summed E-state index contributed by atoms with van der Waals surface area (Å²) in [5.74, 6) is 1.13. The Kier molecular flexibility index (Phi) is 6.44. The van der Waals surface area contributed by atoms with Gasteiger partial charge in [0.15, 0.2) is 5.76 Å². The Morgan fingerprint density at radius 1 is 0.914 bits per heavy atom. The second-order valence-electron chi connectivity index (χ2n) is 7.91. The predicted octanol–water partition coefficient (Wildman–Crippen LogP) is 6.33. The van der Waals surface area contributed by atoms with Gasteiger partial charge in [-0.25, -0.2) is 5.43 Å². The lowest BCUT2D eigenvalue weighted by atomic mass is 10.1. The van der Waals surface area contributed by atoms with Crippen LogP contribution in [0.2, 0.25) is 0 Å². The van der Waals surface area contributed by atoms with Gasteiger partial charge in [-0.05, 0) is 59.7 Å². The van der Waals surface area contributed by atoms with Gasteiger partial charge in [-0.15, -0.1) is 0 Å². The summed E-state index contributed by atoms with van der Waals surface area (Å²) in [5, 5.41) is 7.23. The highest BCUT2D eigenvalue weighted by Crippen LogP contribution is 2.25. The maximum absolute atomic E-state index is 12.6. The number of fused-ring (bicyclic) bond motifs is 2. The molecule has 0 saturated heterocycles. The molecule has 0 unspecified atom stereocenters. The second-order valence-corrected chi connectivity index (χ2v) is 7.91. The lowest BCUT2D eigenvalue weighted by molar-refractivity contribution is 0.0929. The van der Waals surface area contributed by atoms with Crippen LogP contribution in [0.15, 0.2) is 101 Å². The predicted molar refractivity (Wildman–Crippen MR) is 137 cm³/mol. The summed E-state index contributed by atoms with van der Waals surface area (Å²) in [7, 11) is 0. The molecule has 0 fully saturated rings. The van der Waals surface area contributed by atoms with Gasteiger partial charge >= 0.3 is 5.91 Å². The van der Waals surface area contributed by atoms with E-state index in [1.165, 1.54) is 5.39 Å². The fourth-order valence-electron chi connectivity index (χ4n) is 3.90. The van der Waals surface area contributed by atoms with Crippen LogP contribution in [0.4, 0.5) is 0 Å². The highest BCUT2D eigenvalue weighted by atomic mass is 16.5. The summed E-state index contributed by atoms with van der Waals surface area (Å²) in [6.45, 7) is 2.91. The summed E-state index contributed by atoms with van der Waals surface area (Å²) in [4.78, 5) is 12.6. The molecule has 1 aromatic heterocycles. The summed E-state index contributed by atoms with van der Waals surface area (Å²) in [5.41, 5.74) is 4.98. The monoisotopic (exact) mass is 464 g/mol. The molecule has 6 nitrogen and oxygen atoms in total. The van der Waals surface area contributed by atoms with Crippen LogP contribution in [0.25, 0.3) is 21.7 Å². The molecule has 0 aliphatic heterocycles. The molecule has 0 spiro atoms. The molecule has 1 heterocycles. The van der Waals surface area contributed by atoms with Crippen LogP contribution in [-0.4, -0.2) is 18.7 Å². The Morgan fingerprint density at radius 3 is 2.66 bits per heavy atom. The van der Waals surface area contributed by atoms with Gasteiger partial charge in [0.2, 0.25) is 0 Å². The number of furan rings is 1. The number of para-hydroxylation sites is 1. The van der Waals surface area contributed by atoms with Gasteiger partial charge in [0.25, 0.3) is 0 Å². The first-order valence-corrected chi connectivity index (χ1v) is 11.4. The van der Waals surface area contributed by atoms with Crippen molar-refractivity contribution >= 4 is 33.9 Å². The molecule has 0 atom stereocenters. The molecule has 0 aliphatic carbocycles. The summed E-state index contributed by atoms with van der Waals surface area (Å²) < 4.78 is 17.3. The topological polar surface area (TPSA) is 73.1 Å². The number of amides is 1. The molecule has 35 heavy (non-hydrogen) atoms. The van der Waals surface area contributed by atoms with E-state index in [1.807, 2.05) is 61.5 Å². The first-order valence-electron chi connectivity index (χ1n) is 11.4. The van der Waals surface area contributed by atoms with Crippen LogP contribution in [-0.2, 0) is 6.61 Å². The Hall–Kier alpha value is -4.58. The number of rotatable bonds is 8. The van der Waals surface area contributed by atoms with Gasteiger partial charge in [-0.1, -0.05) is 54.6 Å². The third-order valence-electron chi connectivity index (χ3n) is 5.57. The van der Waals surface area contributed by atoms with E-state index in [4.69, 9.17) is 13.9 Å². The Labute approximate surface area is 202 Å². The zero-order chi connectivity index (χ0) is 24.0. The largest absolute Gasteiger partial charge is 0.494 e. The zero-order valence-electron chi connectivity index (χ0n) is 19.2. The number of hydrazone groups is 1. The second kappa shape index (κ2) is 10.1. The minimum absolute atomic E-state index is 0.172. The number of hydrogen-bond donors (Lipinski definition) is 1. The van der Waals surface area contributed by atoms with E-state index in [9.17, 15) is 4.79 Å². The zero-order valence-corrected chi connectivity index (χ0v) is 19.2. The van der Waals surface area contributed by atoms with Crippen molar-refractivity contribution in [2.24, 2.45) is 5.10 Å². The third kappa shape index (κ3) is 5.01. The molecule has 5 aromatic rings. The highest BCUT2D eigenvalue weighted by Gasteiger charge is 2.12. The molecule has 0 saturated carbocycles. The SMILES string of the molecule is CCOc1ccc2oc(C(=O)N/N=C/c3ccccc3OCc3cccc4ccccc34)cc2c1. The van der Waals surface area contributed by atoms with Crippen LogP contribution in [0.1, 0.15) is 28.6 Å². The van der Waals surface area contributed by atoms with Gasteiger partial charge in [-0.2, -0.15) is 5.10 Å². The van der Waals surface area contributed by atoms with Crippen molar-refractivity contribution in [3.63, 3.8) is 0 Å². The van der Waals surface area contributed by atoms with Crippen molar-refractivity contribution in [2.75, 3.05) is 6.61 Å². The number of nitrogens with zero attached hydrogens (tertiary/aromatic N) is 1. The van der Waals surface area contributed by atoms with Gasteiger partial charge < -0.3 is 13.9 Å². The smallest absolute Gasteiger partial charge is 0.307 e. The van der Waals surface area contributed by atoms with E-state index >= 15 is 0 Å². The van der Waals surface area contributed by atoms with Crippen LogP contribution >= 0.6 is 0 Å². The molecular weight excluding hydrogens is 440 g/mol. The Balaban J connectivity index is 1.27. The number of hydrogen-bond acceptors (Lipinski definition) is 5. The van der Waals surface area contributed by atoms with Crippen LogP contribution in [0.3, 0.4) is 0 Å². The number of benzene rings is 4. The van der Waals surface area contributed by atoms with Gasteiger partial charge in [0.05, 0.1) is 12.8 Å². The molecule has 1 N–H and O–H groups in total. The van der Waals surface area contributed by atoms with E-state index < -0.39 is 5.91 Å². The fraction of sp³-hybridized carbons (Fsp3) is 0.103. The van der Waals surface area contributed by atoms with Crippen molar-refractivity contribution in [3.8, 4) is 11.5 Å².